The van der Waals surface area contributed by atoms with Crippen molar-refractivity contribution < 1.29 is 29.6 Å². The average Bonchev–Trinajstić information content (AvgIpc) is 3.31. The molecule has 176 valence electrons. The number of aliphatic hydroxyl groups is 2. The molecule has 3 aromatic rings. The predicted octanol–water partition coefficient (Wildman–Crippen LogP) is 2.81. The number of carboxylic acid groups (broad SMARTS) is 1. The van der Waals surface area contributed by atoms with E-state index >= 15 is 0 Å². The van der Waals surface area contributed by atoms with Gasteiger partial charge < -0.3 is 34.7 Å². The highest BCUT2D eigenvalue weighted by Crippen LogP contribution is 2.40. The molecular formula is C21H22Cl2N4O6. The summed E-state index contributed by atoms with van der Waals surface area (Å²) in [4.78, 5) is 19.1. The first kappa shape index (κ1) is 23.4. The van der Waals surface area contributed by atoms with Crippen LogP contribution in [-0.2, 0) is 0 Å². The van der Waals surface area contributed by atoms with Gasteiger partial charge in [-0.1, -0.05) is 23.2 Å². The Morgan fingerprint density at radius 3 is 2.67 bits per heavy atom. The lowest BCUT2D eigenvalue weighted by Gasteiger charge is -2.21. The summed E-state index contributed by atoms with van der Waals surface area (Å²) in [5, 5.41) is 33.7. The fourth-order valence-corrected chi connectivity index (χ4v) is 4.23. The summed E-state index contributed by atoms with van der Waals surface area (Å²) in [6.07, 6.45) is -0.690. The van der Waals surface area contributed by atoms with E-state index < -0.39 is 30.4 Å². The van der Waals surface area contributed by atoms with Crippen molar-refractivity contribution in [1.29, 1.82) is 0 Å². The predicted molar refractivity (Wildman–Crippen MR) is 120 cm³/mol. The Morgan fingerprint density at radius 1 is 1.21 bits per heavy atom. The van der Waals surface area contributed by atoms with Gasteiger partial charge in [-0.2, -0.15) is 0 Å². The van der Waals surface area contributed by atoms with Gasteiger partial charge in [0.25, 0.3) is 0 Å². The third kappa shape index (κ3) is 4.79. The van der Waals surface area contributed by atoms with E-state index in [1.807, 2.05) is 17.6 Å². The number of halogens is 2. The van der Waals surface area contributed by atoms with Gasteiger partial charge in [-0.05, 0) is 13.0 Å². The number of hydrogen-bond donors (Lipinski definition) is 4. The van der Waals surface area contributed by atoms with Crippen LogP contribution in [0, 0.1) is 6.92 Å². The number of nitrogens with one attached hydrogen (secondary N) is 1. The van der Waals surface area contributed by atoms with Crippen LogP contribution >= 0.6 is 23.2 Å². The van der Waals surface area contributed by atoms with Crippen LogP contribution in [0.15, 0.2) is 30.7 Å². The average molecular weight is 497 g/mol. The first-order chi connectivity index (χ1) is 15.8. The van der Waals surface area contributed by atoms with Crippen LogP contribution in [0.25, 0.3) is 11.0 Å². The molecule has 4 N–H and O–H groups in total. The highest BCUT2D eigenvalue weighted by Gasteiger charge is 2.44. The van der Waals surface area contributed by atoms with E-state index in [0.717, 1.165) is 11.1 Å². The molecule has 1 saturated carbocycles. The maximum absolute atomic E-state index is 10.8. The Morgan fingerprint density at radius 2 is 1.94 bits per heavy atom. The zero-order chi connectivity index (χ0) is 23.7. The Labute approximate surface area is 198 Å². The van der Waals surface area contributed by atoms with E-state index in [0.29, 0.717) is 5.65 Å². The number of aromatic nitrogens is 3. The van der Waals surface area contributed by atoms with Crippen molar-refractivity contribution >= 4 is 40.3 Å². The van der Waals surface area contributed by atoms with Gasteiger partial charge in [0.1, 0.15) is 36.9 Å². The van der Waals surface area contributed by atoms with E-state index in [9.17, 15) is 15.0 Å². The molecule has 1 amide bonds. The molecule has 0 radical (unpaired) electrons. The van der Waals surface area contributed by atoms with Gasteiger partial charge in [-0.25, -0.2) is 14.8 Å². The molecule has 4 atom stereocenters. The van der Waals surface area contributed by atoms with Crippen molar-refractivity contribution in [3.63, 3.8) is 0 Å². The molecule has 0 bridgehead atoms. The summed E-state index contributed by atoms with van der Waals surface area (Å²) in [6, 6.07) is 4.30. The lowest BCUT2D eigenvalue weighted by atomic mass is 10.2. The lowest BCUT2D eigenvalue weighted by Crippen LogP contribution is -2.34. The Balaban J connectivity index is 1.54. The minimum Gasteiger partial charge on any atom is -0.488 e. The SMILES string of the molecule is Cc1ncnc2c1ccn2[C@@H]1C[C@H](Oc2cc(Cl)c(Cl)cc2OCCNC(=O)O)[C@@H](O)[C@H]1O. The highest BCUT2D eigenvalue weighted by atomic mass is 35.5. The summed E-state index contributed by atoms with van der Waals surface area (Å²) in [5.74, 6) is 0.448. The van der Waals surface area contributed by atoms with E-state index in [-0.39, 0.29) is 41.1 Å². The minimum atomic E-state index is -1.19. The summed E-state index contributed by atoms with van der Waals surface area (Å²) in [7, 11) is 0. The van der Waals surface area contributed by atoms with Crippen molar-refractivity contribution in [2.45, 2.75) is 37.7 Å². The van der Waals surface area contributed by atoms with Crippen molar-refractivity contribution in [3.05, 3.63) is 46.5 Å². The molecule has 1 fully saturated rings. The second-order valence-corrected chi connectivity index (χ2v) is 8.47. The van der Waals surface area contributed by atoms with Crippen molar-refractivity contribution in [2.75, 3.05) is 13.2 Å². The van der Waals surface area contributed by atoms with Gasteiger partial charge in [0.15, 0.2) is 11.5 Å². The van der Waals surface area contributed by atoms with Crippen LogP contribution in [0.5, 0.6) is 11.5 Å². The van der Waals surface area contributed by atoms with Crippen molar-refractivity contribution in [1.82, 2.24) is 19.9 Å². The fraction of sp³-hybridized carbons (Fsp3) is 0.381. The molecular weight excluding hydrogens is 475 g/mol. The number of carbonyl (C=O) groups is 1. The summed E-state index contributed by atoms with van der Waals surface area (Å²) >= 11 is 12.2. The van der Waals surface area contributed by atoms with Crippen LogP contribution < -0.4 is 14.8 Å². The summed E-state index contributed by atoms with van der Waals surface area (Å²) in [6.45, 7) is 1.94. The number of amides is 1. The van der Waals surface area contributed by atoms with Crippen molar-refractivity contribution in [2.24, 2.45) is 0 Å². The molecule has 33 heavy (non-hydrogen) atoms. The van der Waals surface area contributed by atoms with Crippen LogP contribution in [0.2, 0.25) is 10.0 Å². The molecule has 12 heteroatoms. The zero-order valence-corrected chi connectivity index (χ0v) is 19.0. The Kier molecular flexibility index (Phi) is 6.80. The molecule has 1 aromatic carbocycles. The number of aryl methyl sites for hydroxylation is 1. The minimum absolute atomic E-state index is 0.0213. The number of nitrogens with zero attached hydrogens (tertiary/aromatic N) is 3. The third-order valence-corrected chi connectivity index (χ3v) is 6.29. The van der Waals surface area contributed by atoms with Crippen LogP contribution in [0.4, 0.5) is 4.79 Å². The molecule has 1 aliphatic rings. The molecule has 10 nitrogen and oxygen atoms in total. The summed E-state index contributed by atoms with van der Waals surface area (Å²) in [5.41, 5.74) is 1.47. The van der Waals surface area contributed by atoms with Gasteiger partial charge in [-0.3, -0.25) is 0 Å². The number of benzene rings is 1. The summed E-state index contributed by atoms with van der Waals surface area (Å²) < 4.78 is 13.4. The molecule has 2 heterocycles. The van der Waals surface area contributed by atoms with E-state index in [2.05, 4.69) is 15.3 Å². The fourth-order valence-electron chi connectivity index (χ4n) is 3.92. The second-order valence-electron chi connectivity index (χ2n) is 7.65. The van der Waals surface area contributed by atoms with E-state index in [1.165, 1.54) is 18.5 Å². The molecule has 2 aromatic heterocycles. The first-order valence-corrected chi connectivity index (χ1v) is 10.9. The smallest absolute Gasteiger partial charge is 0.404 e. The number of hydrogen-bond acceptors (Lipinski definition) is 7. The largest absolute Gasteiger partial charge is 0.488 e. The van der Waals surface area contributed by atoms with Crippen molar-refractivity contribution in [3.8, 4) is 11.5 Å². The second kappa shape index (κ2) is 9.60. The third-order valence-electron chi connectivity index (χ3n) is 5.57. The zero-order valence-electron chi connectivity index (χ0n) is 17.5. The normalized spacial score (nSPS) is 22.5. The number of ether oxygens (including phenoxy) is 2. The maximum atomic E-state index is 10.8. The van der Waals surface area contributed by atoms with E-state index in [1.54, 1.807) is 6.20 Å². The number of aliphatic hydroxyl groups excluding tert-OH is 2. The first-order valence-electron chi connectivity index (χ1n) is 10.2. The van der Waals surface area contributed by atoms with Crippen LogP contribution in [-0.4, -0.2) is 67.4 Å². The number of rotatable bonds is 7. The molecule has 0 aliphatic heterocycles. The van der Waals surface area contributed by atoms with Crippen LogP contribution in [0.3, 0.4) is 0 Å². The van der Waals surface area contributed by atoms with E-state index in [4.69, 9.17) is 37.8 Å². The topological polar surface area (TPSA) is 139 Å². The van der Waals surface area contributed by atoms with Gasteiger partial charge in [0, 0.05) is 30.1 Å². The van der Waals surface area contributed by atoms with Crippen LogP contribution in [0.1, 0.15) is 18.2 Å². The monoisotopic (exact) mass is 496 g/mol. The standard InChI is InChI=1S/C21H22Cl2N4O6/c1-10-11-2-4-27(20(11)26-9-25-10)14-8-17(19(29)18(14)28)33-16-7-13(23)12(22)6-15(16)32-5-3-24-21(30)31/h2,4,6-7,9,14,17-19,24,28-29H,3,5,8H2,1H3,(H,30,31)/t14-,17+,18+,19-/m1/s1. The molecule has 0 saturated heterocycles. The maximum Gasteiger partial charge on any atom is 0.404 e. The lowest BCUT2D eigenvalue weighted by molar-refractivity contribution is -0.0170. The van der Waals surface area contributed by atoms with Gasteiger partial charge in [-0.15, -0.1) is 0 Å². The molecule has 1 aliphatic carbocycles. The Hall–Kier alpha value is -2.79. The number of fused-ring (bicyclic) bond motifs is 1. The highest BCUT2D eigenvalue weighted by molar-refractivity contribution is 6.42. The molecule has 0 unspecified atom stereocenters. The Bertz CT molecular complexity index is 1170. The van der Waals surface area contributed by atoms with Gasteiger partial charge in [0.05, 0.1) is 28.3 Å². The van der Waals surface area contributed by atoms with Gasteiger partial charge in [0.2, 0.25) is 0 Å². The molecule has 4 rings (SSSR count). The quantitative estimate of drug-likeness (QED) is 0.366. The van der Waals surface area contributed by atoms with Gasteiger partial charge >= 0.3 is 6.09 Å². The molecule has 0 spiro atoms.